The summed E-state index contributed by atoms with van der Waals surface area (Å²) in [6.07, 6.45) is 0.105. The molecule has 0 spiro atoms. The number of halogens is 1. The summed E-state index contributed by atoms with van der Waals surface area (Å²) in [6, 6.07) is 20.1. The Morgan fingerprint density at radius 2 is 1.61 bits per heavy atom. The fourth-order valence-corrected chi connectivity index (χ4v) is 5.39. The number of hydrogen-bond acceptors (Lipinski definition) is 4. The summed E-state index contributed by atoms with van der Waals surface area (Å²) in [5.74, 6) is -2.07. The van der Waals surface area contributed by atoms with Crippen molar-refractivity contribution in [3.8, 4) is 11.1 Å². The first-order chi connectivity index (χ1) is 15.6. The van der Waals surface area contributed by atoms with Crippen molar-refractivity contribution in [2.45, 2.75) is 29.7 Å². The molecule has 1 aliphatic rings. The van der Waals surface area contributed by atoms with E-state index in [1.165, 1.54) is 19.1 Å². The molecule has 0 heterocycles. The van der Waals surface area contributed by atoms with Crippen LogP contribution in [0.3, 0.4) is 0 Å². The van der Waals surface area contributed by atoms with Crippen LogP contribution in [-0.4, -0.2) is 30.9 Å². The lowest BCUT2D eigenvalue weighted by Gasteiger charge is -2.16. The molecular formula is C24H21ClN2O5S. The van der Waals surface area contributed by atoms with Crippen molar-refractivity contribution < 1.29 is 23.1 Å². The van der Waals surface area contributed by atoms with Crippen LogP contribution < -0.4 is 10.0 Å². The summed E-state index contributed by atoms with van der Waals surface area (Å²) in [7, 11) is -4.10. The largest absolute Gasteiger partial charge is 0.480 e. The van der Waals surface area contributed by atoms with E-state index in [1.54, 1.807) is 48.5 Å². The molecule has 7 nitrogen and oxygen atoms in total. The van der Waals surface area contributed by atoms with Crippen molar-refractivity contribution >= 4 is 39.2 Å². The molecule has 9 heteroatoms. The van der Waals surface area contributed by atoms with E-state index in [1.807, 2.05) is 12.1 Å². The van der Waals surface area contributed by atoms with Gasteiger partial charge in [0.1, 0.15) is 5.54 Å². The topological polar surface area (TPSA) is 113 Å². The Morgan fingerprint density at radius 3 is 2.18 bits per heavy atom. The maximum absolute atomic E-state index is 13.0. The molecule has 1 fully saturated rings. The highest BCUT2D eigenvalue weighted by Crippen LogP contribution is 2.52. The van der Waals surface area contributed by atoms with Crippen molar-refractivity contribution in [1.82, 2.24) is 4.72 Å². The van der Waals surface area contributed by atoms with Gasteiger partial charge in [-0.2, -0.15) is 4.72 Å². The zero-order valence-electron chi connectivity index (χ0n) is 17.6. The van der Waals surface area contributed by atoms with Gasteiger partial charge < -0.3 is 10.4 Å². The van der Waals surface area contributed by atoms with Gasteiger partial charge in [0.15, 0.2) is 0 Å². The number of rotatable bonds is 7. The van der Waals surface area contributed by atoms with Crippen molar-refractivity contribution in [3.63, 3.8) is 0 Å². The third kappa shape index (κ3) is 4.78. The molecule has 2 atom stereocenters. The molecule has 3 N–H and O–H groups in total. The number of hydrogen-bond donors (Lipinski definition) is 3. The molecule has 3 aromatic carbocycles. The van der Waals surface area contributed by atoms with E-state index in [4.69, 9.17) is 11.6 Å². The first-order valence-corrected chi connectivity index (χ1v) is 12.0. The highest BCUT2D eigenvalue weighted by molar-refractivity contribution is 7.89. The molecule has 0 radical (unpaired) electrons. The minimum absolute atomic E-state index is 0.0292. The third-order valence-corrected chi connectivity index (χ3v) is 7.39. The molecule has 1 unspecified atom stereocenters. The Morgan fingerprint density at radius 1 is 1.00 bits per heavy atom. The van der Waals surface area contributed by atoms with Crippen molar-refractivity contribution in [1.29, 1.82) is 0 Å². The van der Waals surface area contributed by atoms with Gasteiger partial charge in [-0.25, -0.2) is 8.42 Å². The number of benzene rings is 3. The Labute approximate surface area is 196 Å². The molecule has 33 heavy (non-hydrogen) atoms. The van der Waals surface area contributed by atoms with E-state index in [0.29, 0.717) is 16.3 Å². The molecule has 4 rings (SSSR count). The van der Waals surface area contributed by atoms with Crippen LogP contribution in [0.15, 0.2) is 77.7 Å². The average molecular weight is 485 g/mol. The van der Waals surface area contributed by atoms with Gasteiger partial charge in [-0.1, -0.05) is 48.0 Å². The molecule has 170 valence electrons. The van der Waals surface area contributed by atoms with Gasteiger partial charge in [0.25, 0.3) is 0 Å². The Hall–Kier alpha value is -3.20. The molecular weight excluding hydrogens is 464 g/mol. The predicted molar refractivity (Wildman–Crippen MR) is 126 cm³/mol. The fourth-order valence-electron chi connectivity index (χ4n) is 3.86. The van der Waals surface area contributed by atoms with Gasteiger partial charge in [-0.05, 0) is 59.5 Å². The van der Waals surface area contributed by atoms with Crippen LogP contribution in [0.25, 0.3) is 11.1 Å². The number of aliphatic carboxylic acids is 1. The zero-order valence-corrected chi connectivity index (χ0v) is 19.2. The fraction of sp³-hybridized carbons (Fsp3) is 0.167. The van der Waals surface area contributed by atoms with E-state index in [2.05, 4.69) is 10.0 Å². The van der Waals surface area contributed by atoms with E-state index in [0.717, 1.165) is 11.1 Å². The maximum Gasteiger partial charge on any atom is 0.325 e. The second-order valence-electron chi connectivity index (χ2n) is 7.98. The number of sulfonamides is 1. The maximum atomic E-state index is 13.0. The first-order valence-electron chi connectivity index (χ1n) is 10.1. The summed E-state index contributed by atoms with van der Waals surface area (Å²) < 4.78 is 28.5. The van der Waals surface area contributed by atoms with Crippen molar-refractivity contribution in [2.75, 3.05) is 5.32 Å². The summed E-state index contributed by atoms with van der Waals surface area (Å²) in [5, 5.41) is 13.1. The quantitative estimate of drug-likeness (QED) is 0.464. The highest BCUT2D eigenvalue weighted by Gasteiger charge is 2.63. The van der Waals surface area contributed by atoms with Crippen LogP contribution in [0.2, 0.25) is 5.02 Å². The Balaban J connectivity index is 1.57. The molecule has 0 aliphatic heterocycles. The lowest BCUT2D eigenvalue weighted by atomic mass is 10.1. The molecule has 1 amide bonds. The lowest BCUT2D eigenvalue weighted by molar-refractivity contribution is -0.140. The number of nitrogens with one attached hydrogen (secondary N) is 2. The first kappa shape index (κ1) is 23.0. The molecule has 0 saturated heterocycles. The van der Waals surface area contributed by atoms with Gasteiger partial charge in [0.05, 0.1) is 4.90 Å². The number of carbonyl (C=O) groups excluding carboxylic acids is 1. The molecule has 0 bridgehead atoms. The number of carbonyl (C=O) groups is 2. The third-order valence-electron chi connectivity index (χ3n) is 5.61. The van der Waals surface area contributed by atoms with Crippen LogP contribution in [0.4, 0.5) is 5.69 Å². The number of carboxylic acids is 1. The normalized spacial score (nSPS) is 19.6. The van der Waals surface area contributed by atoms with E-state index >= 15 is 0 Å². The summed E-state index contributed by atoms with van der Waals surface area (Å²) in [5.41, 5.74) is 1.18. The van der Waals surface area contributed by atoms with Gasteiger partial charge >= 0.3 is 5.97 Å². The predicted octanol–water partition coefficient (Wildman–Crippen LogP) is 4.25. The average Bonchev–Trinajstić information content (AvgIpc) is 3.49. The van der Waals surface area contributed by atoms with Crippen LogP contribution in [0, 0.1) is 0 Å². The summed E-state index contributed by atoms with van der Waals surface area (Å²) in [4.78, 5) is 23.4. The standard InChI is InChI=1S/C24H21ClN2O5S/c1-15(28)26-20-4-2-3-18(13-20)22-14-24(22,23(29)30)27-33(31,32)21-11-7-17(8-12-21)16-5-9-19(25)10-6-16/h2-13,22,27H,14H2,1H3,(H,26,28)(H,29,30)/t22-,24?/m0/s1. The van der Waals surface area contributed by atoms with Crippen molar-refractivity contribution in [3.05, 3.63) is 83.4 Å². The zero-order chi connectivity index (χ0) is 23.8. The van der Waals surface area contributed by atoms with Gasteiger partial charge in [0.2, 0.25) is 15.9 Å². The highest BCUT2D eigenvalue weighted by atomic mass is 35.5. The van der Waals surface area contributed by atoms with Crippen molar-refractivity contribution in [2.24, 2.45) is 0 Å². The molecule has 1 aliphatic carbocycles. The Kier molecular flexibility index (Phi) is 6.00. The van der Waals surface area contributed by atoms with Crippen LogP contribution in [0.5, 0.6) is 0 Å². The van der Waals surface area contributed by atoms with Crippen LogP contribution in [0.1, 0.15) is 24.8 Å². The minimum Gasteiger partial charge on any atom is -0.480 e. The molecule has 1 saturated carbocycles. The van der Waals surface area contributed by atoms with Crippen LogP contribution in [-0.2, 0) is 19.6 Å². The number of anilines is 1. The van der Waals surface area contributed by atoms with E-state index in [9.17, 15) is 23.1 Å². The van der Waals surface area contributed by atoms with E-state index in [-0.39, 0.29) is 17.2 Å². The Bertz CT molecular complexity index is 1320. The smallest absolute Gasteiger partial charge is 0.325 e. The van der Waals surface area contributed by atoms with E-state index < -0.39 is 27.4 Å². The summed E-state index contributed by atoms with van der Waals surface area (Å²) >= 11 is 5.91. The second-order valence-corrected chi connectivity index (χ2v) is 10.1. The second kappa shape index (κ2) is 8.62. The molecule has 3 aromatic rings. The monoisotopic (exact) mass is 484 g/mol. The van der Waals surface area contributed by atoms with Gasteiger partial charge in [0, 0.05) is 23.6 Å². The number of carboxylic acid groups (broad SMARTS) is 1. The van der Waals surface area contributed by atoms with Gasteiger partial charge in [-0.15, -0.1) is 0 Å². The minimum atomic E-state index is -4.10. The SMILES string of the molecule is CC(=O)Nc1cccc([C@@H]2CC2(NS(=O)(=O)c2ccc(-c3ccc(Cl)cc3)cc2)C(=O)O)c1. The van der Waals surface area contributed by atoms with Crippen LogP contribution >= 0.6 is 11.6 Å². The number of amides is 1. The lowest BCUT2D eigenvalue weighted by Crippen LogP contribution is -2.44. The van der Waals surface area contributed by atoms with Gasteiger partial charge in [-0.3, -0.25) is 9.59 Å². The summed E-state index contributed by atoms with van der Waals surface area (Å²) in [6.45, 7) is 1.37. The molecule has 0 aromatic heterocycles.